The molecule has 3 heterocycles. The summed E-state index contributed by atoms with van der Waals surface area (Å²) in [6.07, 6.45) is 7.40. The van der Waals surface area contributed by atoms with Crippen LogP contribution in [0.15, 0.2) is 82.7 Å². The van der Waals surface area contributed by atoms with E-state index in [1.807, 2.05) is 42.5 Å². The quantitative estimate of drug-likeness (QED) is 0.264. The molecule has 1 saturated carbocycles. The predicted molar refractivity (Wildman–Crippen MR) is 172 cm³/mol. The maximum atomic E-state index is 13.1. The molecule has 2 aromatic carbocycles. The van der Waals surface area contributed by atoms with Gasteiger partial charge in [-0.2, -0.15) is 5.26 Å². The van der Waals surface area contributed by atoms with Gasteiger partial charge >= 0.3 is 5.97 Å². The molecule has 1 aromatic heterocycles. The number of nitrogens with zero attached hydrogens (tertiary/aromatic N) is 4. The van der Waals surface area contributed by atoms with Crippen LogP contribution in [0.3, 0.4) is 0 Å². The molecular formula is C36H42N4O4S. The number of piperidine rings is 1. The number of anilines is 1. The van der Waals surface area contributed by atoms with Crippen molar-refractivity contribution in [3.63, 3.8) is 0 Å². The van der Waals surface area contributed by atoms with Crippen LogP contribution < -0.4 is 4.90 Å². The maximum absolute atomic E-state index is 13.1. The van der Waals surface area contributed by atoms with E-state index in [9.17, 15) is 18.5 Å². The molecule has 6 rings (SSSR count). The summed E-state index contributed by atoms with van der Waals surface area (Å²) < 4.78 is 31.9. The van der Waals surface area contributed by atoms with Crippen LogP contribution in [0.1, 0.15) is 56.2 Å². The van der Waals surface area contributed by atoms with Crippen LogP contribution in [0.5, 0.6) is 0 Å². The molecule has 236 valence electrons. The van der Waals surface area contributed by atoms with Gasteiger partial charge in [0, 0.05) is 43.1 Å². The Balaban J connectivity index is 1.03. The monoisotopic (exact) mass is 626 g/mol. The van der Waals surface area contributed by atoms with Crippen LogP contribution in [0.4, 0.5) is 5.69 Å². The fourth-order valence-electron chi connectivity index (χ4n) is 7.40. The van der Waals surface area contributed by atoms with Gasteiger partial charge in [0.2, 0.25) is 9.84 Å². The summed E-state index contributed by atoms with van der Waals surface area (Å²) in [7, 11) is -3.58. The van der Waals surface area contributed by atoms with Crippen LogP contribution in [0, 0.1) is 30.1 Å². The molecule has 0 N–H and O–H groups in total. The Labute approximate surface area is 266 Å². The van der Waals surface area contributed by atoms with Crippen molar-refractivity contribution in [2.24, 2.45) is 11.8 Å². The molecule has 2 aliphatic heterocycles. The van der Waals surface area contributed by atoms with Crippen molar-refractivity contribution in [3.05, 3.63) is 84.2 Å². The zero-order valence-electron chi connectivity index (χ0n) is 26.0. The van der Waals surface area contributed by atoms with Gasteiger partial charge in [-0.05, 0) is 106 Å². The first-order chi connectivity index (χ1) is 21.8. The second-order valence-electron chi connectivity index (χ2n) is 13.0. The third kappa shape index (κ3) is 6.78. The van der Waals surface area contributed by atoms with Crippen molar-refractivity contribution in [2.75, 3.05) is 37.6 Å². The average Bonchev–Trinajstić information content (AvgIpc) is 3.55. The smallest absolute Gasteiger partial charge is 0.308 e. The zero-order chi connectivity index (χ0) is 31.4. The summed E-state index contributed by atoms with van der Waals surface area (Å²) in [5, 5.41) is 10.6. The number of aryl methyl sites for hydroxylation is 1. The number of pyridine rings is 1. The van der Waals surface area contributed by atoms with Crippen LogP contribution >= 0.6 is 0 Å². The van der Waals surface area contributed by atoms with Gasteiger partial charge in [0.25, 0.3) is 0 Å². The highest BCUT2D eigenvalue weighted by molar-refractivity contribution is 7.91. The number of carbonyl (C=O) groups is 1. The van der Waals surface area contributed by atoms with Gasteiger partial charge in [-0.1, -0.05) is 30.3 Å². The number of carbonyl (C=O) groups excluding carboxylic acids is 1. The minimum absolute atomic E-state index is 0.00378. The fourth-order valence-corrected chi connectivity index (χ4v) is 8.74. The first-order valence-electron chi connectivity index (χ1n) is 16.2. The molecule has 9 heteroatoms. The van der Waals surface area contributed by atoms with Gasteiger partial charge in [0.1, 0.15) is 6.10 Å². The van der Waals surface area contributed by atoms with Crippen LogP contribution in [0.2, 0.25) is 0 Å². The average molecular weight is 627 g/mol. The largest absolute Gasteiger partial charge is 0.462 e. The Bertz CT molecular complexity index is 1620. The lowest BCUT2D eigenvalue weighted by molar-refractivity contribution is -0.150. The molecule has 0 spiro atoms. The number of aromatic nitrogens is 1. The van der Waals surface area contributed by atoms with Gasteiger partial charge in [-0.15, -0.1) is 0 Å². The number of hydrogen-bond donors (Lipinski definition) is 0. The van der Waals surface area contributed by atoms with Crippen molar-refractivity contribution in [3.8, 4) is 6.07 Å². The molecule has 8 nitrogen and oxygen atoms in total. The Kier molecular flexibility index (Phi) is 9.25. The van der Waals surface area contributed by atoms with Crippen molar-refractivity contribution < 1.29 is 17.9 Å². The van der Waals surface area contributed by atoms with Crippen molar-refractivity contribution in [1.82, 2.24) is 9.88 Å². The maximum Gasteiger partial charge on any atom is 0.308 e. The number of sulfone groups is 1. The van der Waals surface area contributed by atoms with E-state index in [2.05, 4.69) is 20.9 Å². The molecule has 1 atom stereocenters. The SMILES string of the molecule is Cc1cc(S(=O)(=O)c2ccc(N3CC(CN4CCC([C@](C#N)(CC(=O)OC5CCCC5)c5ccccc5)CC4)C3)cc2)ccn1. The lowest BCUT2D eigenvalue weighted by atomic mass is 9.65. The van der Waals surface area contributed by atoms with E-state index in [1.165, 1.54) is 12.3 Å². The Morgan fingerprint density at radius 1 is 0.978 bits per heavy atom. The van der Waals surface area contributed by atoms with E-state index in [4.69, 9.17) is 4.74 Å². The molecule has 0 bridgehead atoms. The van der Waals surface area contributed by atoms with Gasteiger partial charge in [-0.25, -0.2) is 8.42 Å². The van der Waals surface area contributed by atoms with Gasteiger partial charge in [0.15, 0.2) is 0 Å². The van der Waals surface area contributed by atoms with Crippen molar-refractivity contribution in [2.45, 2.75) is 73.2 Å². The van der Waals surface area contributed by atoms with Crippen LogP contribution in [-0.2, 0) is 24.8 Å². The second-order valence-corrected chi connectivity index (χ2v) is 14.9. The molecule has 3 aromatic rings. The summed E-state index contributed by atoms with van der Waals surface area (Å²) in [5.74, 6) is 0.365. The van der Waals surface area contributed by atoms with Crippen LogP contribution in [0.25, 0.3) is 0 Å². The van der Waals surface area contributed by atoms with E-state index in [0.717, 1.165) is 82.5 Å². The number of rotatable bonds is 10. The minimum atomic E-state index is -3.58. The number of benzene rings is 2. The normalized spacial score (nSPS) is 19.9. The summed E-state index contributed by atoms with van der Waals surface area (Å²) in [6, 6.07) is 22.8. The van der Waals surface area contributed by atoms with E-state index in [-0.39, 0.29) is 34.2 Å². The topological polar surface area (TPSA) is 104 Å². The molecule has 0 radical (unpaired) electrons. The lowest BCUT2D eigenvalue weighted by Crippen LogP contribution is -2.53. The Hall–Kier alpha value is -3.74. The summed E-state index contributed by atoms with van der Waals surface area (Å²) in [6.45, 7) is 6.42. The van der Waals surface area contributed by atoms with Crippen molar-refractivity contribution >= 4 is 21.5 Å². The minimum Gasteiger partial charge on any atom is -0.462 e. The third-order valence-electron chi connectivity index (χ3n) is 9.96. The second kappa shape index (κ2) is 13.3. The summed E-state index contributed by atoms with van der Waals surface area (Å²) in [4.78, 5) is 22.5. The molecular weight excluding hydrogens is 584 g/mol. The number of hydrogen-bond acceptors (Lipinski definition) is 8. The third-order valence-corrected chi connectivity index (χ3v) is 11.7. The zero-order valence-corrected chi connectivity index (χ0v) is 26.8. The van der Waals surface area contributed by atoms with Crippen LogP contribution in [-0.4, -0.2) is 63.1 Å². The molecule has 2 saturated heterocycles. The fraction of sp³-hybridized carbons (Fsp3) is 0.472. The summed E-state index contributed by atoms with van der Waals surface area (Å²) >= 11 is 0. The highest BCUT2D eigenvalue weighted by atomic mass is 32.2. The first kappa shape index (κ1) is 31.3. The number of ether oxygens (including phenoxy) is 1. The number of likely N-dealkylation sites (tertiary alicyclic amines) is 1. The number of nitriles is 1. The number of esters is 1. The molecule has 45 heavy (non-hydrogen) atoms. The molecule has 3 fully saturated rings. The van der Waals surface area contributed by atoms with Crippen molar-refractivity contribution in [1.29, 1.82) is 5.26 Å². The van der Waals surface area contributed by atoms with E-state index in [1.54, 1.807) is 25.1 Å². The van der Waals surface area contributed by atoms with Gasteiger partial charge < -0.3 is 14.5 Å². The standard InChI is InChI=1S/C36H42N4O4S/c1-27-21-34(15-18-38-27)45(42,43)33-13-11-31(12-14-33)40-24-28(25-40)23-39-19-16-30(17-20-39)36(26-37,29-7-3-2-4-8-29)22-35(41)44-32-9-5-6-10-32/h2-4,7-8,11-15,18,21,28,30,32H,5-6,9-10,16-17,19-20,22-25H2,1H3/t36-/m0/s1. The Morgan fingerprint density at radius 2 is 1.67 bits per heavy atom. The highest BCUT2D eigenvalue weighted by Crippen LogP contribution is 2.42. The molecule has 1 aliphatic carbocycles. The van der Waals surface area contributed by atoms with Gasteiger partial charge in [-0.3, -0.25) is 9.78 Å². The van der Waals surface area contributed by atoms with Gasteiger partial charge in [0.05, 0.1) is 27.7 Å². The first-order valence-corrected chi connectivity index (χ1v) is 17.7. The summed E-state index contributed by atoms with van der Waals surface area (Å²) in [5.41, 5.74) is 1.73. The predicted octanol–water partition coefficient (Wildman–Crippen LogP) is 5.71. The molecule has 0 unspecified atom stereocenters. The molecule has 0 amide bonds. The molecule has 3 aliphatic rings. The highest BCUT2D eigenvalue weighted by Gasteiger charge is 2.45. The van der Waals surface area contributed by atoms with E-state index in [0.29, 0.717) is 11.6 Å². The van der Waals surface area contributed by atoms with E-state index >= 15 is 0 Å². The van der Waals surface area contributed by atoms with E-state index < -0.39 is 15.3 Å². The lowest BCUT2D eigenvalue weighted by Gasteiger charge is -2.46. The Morgan fingerprint density at radius 3 is 2.31 bits per heavy atom.